The zero-order valence-electron chi connectivity index (χ0n) is 9.72. The first-order chi connectivity index (χ1) is 8.74. The molecule has 0 radical (unpaired) electrons. The lowest BCUT2D eigenvalue weighted by molar-refractivity contribution is 0.112. The molecular formula is C14H11FO3. The molecule has 18 heavy (non-hydrogen) atoms. The highest BCUT2D eigenvalue weighted by atomic mass is 19.1. The van der Waals surface area contributed by atoms with Crippen LogP contribution in [0.1, 0.15) is 10.4 Å². The Balaban J connectivity index is 2.25. The number of carbonyl (C=O) groups excluding carboxylic acids is 1. The second-order valence-electron chi connectivity index (χ2n) is 3.56. The Hall–Kier alpha value is -2.36. The fourth-order valence-electron chi connectivity index (χ4n) is 1.47. The second-order valence-corrected chi connectivity index (χ2v) is 3.56. The van der Waals surface area contributed by atoms with Gasteiger partial charge in [-0.05, 0) is 36.4 Å². The van der Waals surface area contributed by atoms with Crippen molar-refractivity contribution in [2.45, 2.75) is 0 Å². The molecule has 92 valence electrons. The molecule has 3 nitrogen and oxygen atoms in total. The SMILES string of the molecule is COc1cccc(Oc2ccc(C=O)cc2)c1F. The normalized spacial score (nSPS) is 9.89. The Morgan fingerprint density at radius 2 is 1.72 bits per heavy atom. The van der Waals surface area contributed by atoms with Crippen molar-refractivity contribution < 1.29 is 18.7 Å². The van der Waals surface area contributed by atoms with Crippen molar-refractivity contribution in [3.63, 3.8) is 0 Å². The highest BCUT2D eigenvalue weighted by Crippen LogP contribution is 2.29. The van der Waals surface area contributed by atoms with E-state index in [1.54, 1.807) is 30.3 Å². The topological polar surface area (TPSA) is 35.5 Å². The third-order valence-electron chi connectivity index (χ3n) is 2.39. The van der Waals surface area contributed by atoms with E-state index in [1.165, 1.54) is 19.2 Å². The number of aldehydes is 1. The summed E-state index contributed by atoms with van der Waals surface area (Å²) in [6, 6.07) is 11.0. The number of hydrogen-bond acceptors (Lipinski definition) is 3. The first-order valence-electron chi connectivity index (χ1n) is 5.30. The van der Waals surface area contributed by atoms with Gasteiger partial charge in [0.25, 0.3) is 0 Å². The van der Waals surface area contributed by atoms with E-state index >= 15 is 0 Å². The van der Waals surface area contributed by atoms with Gasteiger partial charge in [-0.15, -0.1) is 0 Å². The van der Waals surface area contributed by atoms with E-state index in [0.29, 0.717) is 11.3 Å². The molecule has 0 bridgehead atoms. The summed E-state index contributed by atoms with van der Waals surface area (Å²) in [6.07, 6.45) is 0.732. The van der Waals surface area contributed by atoms with Crippen LogP contribution in [0.3, 0.4) is 0 Å². The van der Waals surface area contributed by atoms with Crippen molar-refractivity contribution in [2.75, 3.05) is 7.11 Å². The lowest BCUT2D eigenvalue weighted by Crippen LogP contribution is -1.92. The van der Waals surface area contributed by atoms with E-state index < -0.39 is 5.82 Å². The Bertz CT molecular complexity index is 549. The van der Waals surface area contributed by atoms with Crippen LogP contribution in [0.15, 0.2) is 42.5 Å². The van der Waals surface area contributed by atoms with Gasteiger partial charge in [0.05, 0.1) is 7.11 Å². The van der Waals surface area contributed by atoms with Crippen molar-refractivity contribution in [1.82, 2.24) is 0 Å². The molecule has 0 unspecified atom stereocenters. The summed E-state index contributed by atoms with van der Waals surface area (Å²) < 4.78 is 24.0. The Kier molecular flexibility index (Phi) is 3.57. The van der Waals surface area contributed by atoms with Gasteiger partial charge in [0.2, 0.25) is 5.82 Å². The van der Waals surface area contributed by atoms with Crippen molar-refractivity contribution in [2.24, 2.45) is 0 Å². The highest BCUT2D eigenvalue weighted by molar-refractivity contribution is 5.74. The Morgan fingerprint density at radius 1 is 1.06 bits per heavy atom. The largest absolute Gasteiger partial charge is 0.494 e. The van der Waals surface area contributed by atoms with Crippen molar-refractivity contribution in [3.05, 3.63) is 53.8 Å². The lowest BCUT2D eigenvalue weighted by atomic mass is 10.2. The van der Waals surface area contributed by atoms with E-state index in [-0.39, 0.29) is 11.5 Å². The molecule has 2 aromatic carbocycles. The summed E-state index contributed by atoms with van der Waals surface area (Å²) in [5.41, 5.74) is 0.536. The quantitative estimate of drug-likeness (QED) is 0.775. The number of carbonyl (C=O) groups is 1. The fraction of sp³-hybridized carbons (Fsp3) is 0.0714. The van der Waals surface area contributed by atoms with Crippen LogP contribution in [0.5, 0.6) is 17.2 Å². The maximum absolute atomic E-state index is 13.8. The van der Waals surface area contributed by atoms with Gasteiger partial charge in [-0.3, -0.25) is 4.79 Å². The lowest BCUT2D eigenvalue weighted by Gasteiger charge is -2.09. The van der Waals surface area contributed by atoms with Gasteiger partial charge in [-0.2, -0.15) is 4.39 Å². The molecule has 2 aromatic rings. The number of rotatable bonds is 4. The molecule has 4 heteroatoms. The van der Waals surface area contributed by atoms with Crippen LogP contribution in [0.4, 0.5) is 4.39 Å². The van der Waals surface area contributed by atoms with E-state index in [4.69, 9.17) is 9.47 Å². The number of ether oxygens (including phenoxy) is 2. The van der Waals surface area contributed by atoms with Crippen LogP contribution in [0, 0.1) is 5.82 Å². The molecule has 0 spiro atoms. The molecule has 2 rings (SSSR count). The monoisotopic (exact) mass is 246 g/mol. The van der Waals surface area contributed by atoms with Crippen molar-refractivity contribution in [1.29, 1.82) is 0 Å². The summed E-state index contributed by atoms with van der Waals surface area (Å²) in [4.78, 5) is 10.5. The molecule has 0 aliphatic heterocycles. The molecule has 0 N–H and O–H groups in total. The zero-order valence-corrected chi connectivity index (χ0v) is 9.72. The summed E-state index contributed by atoms with van der Waals surface area (Å²) in [5, 5.41) is 0. The first kappa shape index (κ1) is 12.1. The minimum atomic E-state index is -0.556. The molecule has 0 heterocycles. The van der Waals surface area contributed by atoms with E-state index in [0.717, 1.165) is 6.29 Å². The molecule has 0 amide bonds. The van der Waals surface area contributed by atoms with Gasteiger partial charge in [-0.1, -0.05) is 6.07 Å². The summed E-state index contributed by atoms with van der Waals surface area (Å²) in [5.74, 6) is 0.0948. The molecule has 0 saturated carbocycles. The number of methoxy groups -OCH3 is 1. The number of benzene rings is 2. The molecular weight excluding hydrogens is 235 g/mol. The second kappa shape index (κ2) is 5.31. The molecule has 0 atom stereocenters. The minimum Gasteiger partial charge on any atom is -0.494 e. The summed E-state index contributed by atoms with van der Waals surface area (Å²) in [6.45, 7) is 0. The van der Waals surface area contributed by atoms with Crippen molar-refractivity contribution >= 4 is 6.29 Å². The molecule has 0 aliphatic rings. The molecule has 0 fully saturated rings. The van der Waals surface area contributed by atoms with Gasteiger partial charge < -0.3 is 9.47 Å². The van der Waals surface area contributed by atoms with Crippen LogP contribution in [0.25, 0.3) is 0 Å². The minimum absolute atomic E-state index is 0.0770. The third kappa shape index (κ3) is 2.48. The maximum Gasteiger partial charge on any atom is 0.207 e. The van der Waals surface area contributed by atoms with E-state index in [9.17, 15) is 9.18 Å². The van der Waals surface area contributed by atoms with Gasteiger partial charge in [-0.25, -0.2) is 0 Å². The predicted molar refractivity (Wildman–Crippen MR) is 64.9 cm³/mol. The van der Waals surface area contributed by atoms with Crippen molar-refractivity contribution in [3.8, 4) is 17.2 Å². The smallest absolute Gasteiger partial charge is 0.207 e. The Morgan fingerprint density at radius 3 is 2.33 bits per heavy atom. The standard InChI is InChI=1S/C14H11FO3/c1-17-12-3-2-4-13(14(12)15)18-11-7-5-10(9-16)6-8-11/h2-9H,1H3. The summed E-state index contributed by atoms with van der Waals surface area (Å²) >= 11 is 0. The third-order valence-corrected chi connectivity index (χ3v) is 2.39. The van der Waals surface area contributed by atoms with Crippen LogP contribution in [0.2, 0.25) is 0 Å². The van der Waals surface area contributed by atoms with Gasteiger partial charge in [0, 0.05) is 5.56 Å². The Labute approximate surface area is 104 Å². The average molecular weight is 246 g/mol. The summed E-state index contributed by atoms with van der Waals surface area (Å²) in [7, 11) is 1.39. The van der Waals surface area contributed by atoms with Crippen LogP contribution in [-0.2, 0) is 0 Å². The highest BCUT2D eigenvalue weighted by Gasteiger charge is 2.10. The van der Waals surface area contributed by atoms with E-state index in [2.05, 4.69) is 0 Å². The predicted octanol–water partition coefficient (Wildman–Crippen LogP) is 3.44. The van der Waals surface area contributed by atoms with Gasteiger partial charge in [0.1, 0.15) is 12.0 Å². The molecule has 0 saturated heterocycles. The van der Waals surface area contributed by atoms with Crippen LogP contribution >= 0.6 is 0 Å². The van der Waals surface area contributed by atoms with Gasteiger partial charge in [0.15, 0.2) is 11.5 Å². The van der Waals surface area contributed by atoms with Crippen LogP contribution in [-0.4, -0.2) is 13.4 Å². The first-order valence-corrected chi connectivity index (χ1v) is 5.30. The molecule has 0 aromatic heterocycles. The number of halogens is 1. The van der Waals surface area contributed by atoms with Crippen LogP contribution < -0.4 is 9.47 Å². The van der Waals surface area contributed by atoms with Gasteiger partial charge >= 0.3 is 0 Å². The van der Waals surface area contributed by atoms with E-state index in [1.807, 2.05) is 0 Å². The number of hydrogen-bond donors (Lipinski definition) is 0. The molecule has 0 aliphatic carbocycles. The zero-order chi connectivity index (χ0) is 13.0. The average Bonchev–Trinajstić information content (AvgIpc) is 2.42. The maximum atomic E-state index is 13.8. The fourth-order valence-corrected chi connectivity index (χ4v) is 1.47.